The number of rotatable bonds is 6. The number of carbonyl (C=O) groups is 2. The van der Waals surface area contributed by atoms with Crippen molar-refractivity contribution in [1.82, 2.24) is 5.43 Å². The highest BCUT2D eigenvalue weighted by atomic mass is 35.5. The van der Waals surface area contributed by atoms with Crippen molar-refractivity contribution in [2.45, 2.75) is 19.8 Å². The predicted octanol–water partition coefficient (Wildman–Crippen LogP) is 3.38. The van der Waals surface area contributed by atoms with E-state index in [1.165, 1.54) is 6.21 Å². The molecule has 0 spiro atoms. The summed E-state index contributed by atoms with van der Waals surface area (Å²) in [5.74, 6) is -0.883. The summed E-state index contributed by atoms with van der Waals surface area (Å²) in [6.45, 7) is 2.00. The SMILES string of the molecule is CCc1ccccc1NC(=O)CC(=O)NN=Cc1ccccc1Cl. The molecule has 0 aliphatic carbocycles. The number of amides is 2. The van der Waals surface area contributed by atoms with Gasteiger partial charge in [0.25, 0.3) is 0 Å². The molecule has 0 bridgehead atoms. The first-order valence-electron chi connectivity index (χ1n) is 7.54. The Labute approximate surface area is 145 Å². The van der Waals surface area contributed by atoms with Gasteiger partial charge in [-0.15, -0.1) is 0 Å². The van der Waals surface area contributed by atoms with E-state index in [-0.39, 0.29) is 12.3 Å². The van der Waals surface area contributed by atoms with Gasteiger partial charge in [0.15, 0.2) is 0 Å². The Balaban J connectivity index is 1.86. The maximum absolute atomic E-state index is 11.9. The number of anilines is 1. The van der Waals surface area contributed by atoms with Crippen molar-refractivity contribution in [1.29, 1.82) is 0 Å². The Morgan fingerprint density at radius 2 is 1.79 bits per heavy atom. The molecule has 2 aromatic rings. The number of hydrazone groups is 1. The standard InChI is InChI=1S/C18H18ClN3O2/c1-2-13-7-4-6-10-16(13)21-17(23)11-18(24)22-20-12-14-8-3-5-9-15(14)19/h3-10,12H,2,11H2,1H3,(H,21,23)(H,22,24). The number of halogens is 1. The van der Waals surface area contributed by atoms with Gasteiger partial charge < -0.3 is 5.32 Å². The third kappa shape index (κ3) is 5.21. The first-order valence-corrected chi connectivity index (χ1v) is 7.92. The molecule has 0 radical (unpaired) electrons. The van der Waals surface area contributed by atoms with Crippen LogP contribution in [0.3, 0.4) is 0 Å². The number of nitrogens with zero attached hydrogens (tertiary/aromatic N) is 1. The van der Waals surface area contributed by atoms with Gasteiger partial charge in [-0.3, -0.25) is 9.59 Å². The fourth-order valence-electron chi connectivity index (χ4n) is 2.08. The second kappa shape index (κ2) is 8.84. The fraction of sp³-hybridized carbons (Fsp3) is 0.167. The summed E-state index contributed by atoms with van der Waals surface area (Å²) in [5.41, 5.74) is 4.73. The number of hydrogen-bond donors (Lipinski definition) is 2. The molecule has 2 aromatic carbocycles. The normalized spacial score (nSPS) is 10.6. The lowest BCUT2D eigenvalue weighted by molar-refractivity contribution is -0.126. The molecule has 5 nitrogen and oxygen atoms in total. The van der Waals surface area contributed by atoms with Crippen LogP contribution in [-0.2, 0) is 16.0 Å². The van der Waals surface area contributed by atoms with Crippen molar-refractivity contribution in [3.63, 3.8) is 0 Å². The monoisotopic (exact) mass is 343 g/mol. The molecule has 2 rings (SSSR count). The molecule has 6 heteroatoms. The summed E-state index contributed by atoms with van der Waals surface area (Å²) in [6, 6.07) is 14.6. The first kappa shape index (κ1) is 17.7. The van der Waals surface area contributed by atoms with E-state index in [9.17, 15) is 9.59 Å². The van der Waals surface area contributed by atoms with Gasteiger partial charge in [0, 0.05) is 16.3 Å². The minimum atomic E-state index is -0.496. The molecule has 0 aliphatic heterocycles. The number of benzene rings is 2. The molecule has 0 heterocycles. The molecular weight excluding hydrogens is 326 g/mol. The highest BCUT2D eigenvalue weighted by Crippen LogP contribution is 2.15. The lowest BCUT2D eigenvalue weighted by Gasteiger charge is -2.09. The van der Waals surface area contributed by atoms with Crippen LogP contribution in [0.25, 0.3) is 0 Å². The van der Waals surface area contributed by atoms with Crippen LogP contribution in [0.1, 0.15) is 24.5 Å². The fourth-order valence-corrected chi connectivity index (χ4v) is 2.27. The van der Waals surface area contributed by atoms with Gasteiger partial charge in [0.1, 0.15) is 6.42 Å². The average molecular weight is 344 g/mol. The van der Waals surface area contributed by atoms with Crippen LogP contribution in [0.2, 0.25) is 5.02 Å². The van der Waals surface area contributed by atoms with Crippen molar-refractivity contribution >= 4 is 35.3 Å². The van der Waals surface area contributed by atoms with Gasteiger partial charge in [-0.25, -0.2) is 5.43 Å². The molecular formula is C18H18ClN3O2. The van der Waals surface area contributed by atoms with Crippen molar-refractivity contribution in [2.24, 2.45) is 5.10 Å². The van der Waals surface area contributed by atoms with E-state index >= 15 is 0 Å². The molecule has 124 valence electrons. The Kier molecular flexibility index (Phi) is 6.51. The molecule has 0 saturated heterocycles. The quantitative estimate of drug-likeness (QED) is 0.479. The van der Waals surface area contributed by atoms with E-state index in [1.54, 1.807) is 18.2 Å². The smallest absolute Gasteiger partial charge is 0.249 e. The molecule has 0 aromatic heterocycles. The summed E-state index contributed by atoms with van der Waals surface area (Å²) in [6.07, 6.45) is 1.92. The van der Waals surface area contributed by atoms with Crippen molar-refractivity contribution in [3.8, 4) is 0 Å². The van der Waals surface area contributed by atoms with E-state index in [1.807, 2.05) is 37.3 Å². The van der Waals surface area contributed by atoms with Crippen molar-refractivity contribution in [2.75, 3.05) is 5.32 Å². The summed E-state index contributed by atoms with van der Waals surface area (Å²) in [7, 11) is 0. The topological polar surface area (TPSA) is 70.6 Å². The zero-order valence-electron chi connectivity index (χ0n) is 13.3. The second-order valence-electron chi connectivity index (χ2n) is 5.05. The highest BCUT2D eigenvalue weighted by Gasteiger charge is 2.10. The van der Waals surface area contributed by atoms with Crippen LogP contribution in [0, 0.1) is 0 Å². The Morgan fingerprint density at radius 1 is 1.08 bits per heavy atom. The van der Waals surface area contributed by atoms with Crippen LogP contribution < -0.4 is 10.7 Å². The summed E-state index contributed by atoms with van der Waals surface area (Å²) >= 11 is 5.97. The van der Waals surface area contributed by atoms with E-state index in [4.69, 9.17) is 11.6 Å². The van der Waals surface area contributed by atoms with E-state index < -0.39 is 5.91 Å². The average Bonchev–Trinajstić information content (AvgIpc) is 2.57. The van der Waals surface area contributed by atoms with Gasteiger partial charge in [0.2, 0.25) is 11.8 Å². The minimum Gasteiger partial charge on any atom is -0.325 e. The molecule has 0 saturated carbocycles. The Bertz CT molecular complexity index is 759. The van der Waals surface area contributed by atoms with Crippen LogP contribution in [0.4, 0.5) is 5.69 Å². The minimum absolute atomic E-state index is 0.308. The van der Waals surface area contributed by atoms with Gasteiger partial charge in [-0.2, -0.15) is 5.10 Å². The summed E-state index contributed by atoms with van der Waals surface area (Å²) in [5, 5.41) is 7.08. The van der Waals surface area contributed by atoms with Gasteiger partial charge in [-0.1, -0.05) is 54.9 Å². The Hall–Kier alpha value is -2.66. The van der Waals surface area contributed by atoms with E-state index in [2.05, 4.69) is 15.8 Å². The van der Waals surface area contributed by atoms with E-state index in [0.29, 0.717) is 10.6 Å². The van der Waals surface area contributed by atoms with Gasteiger partial charge in [0.05, 0.1) is 6.21 Å². The molecule has 0 aliphatic rings. The number of carbonyl (C=O) groups excluding carboxylic acids is 2. The zero-order chi connectivity index (χ0) is 17.4. The molecule has 0 atom stereocenters. The molecule has 2 amide bonds. The Morgan fingerprint density at radius 3 is 2.54 bits per heavy atom. The predicted molar refractivity (Wildman–Crippen MR) is 96.3 cm³/mol. The number of aryl methyl sites for hydroxylation is 1. The molecule has 2 N–H and O–H groups in total. The highest BCUT2D eigenvalue weighted by molar-refractivity contribution is 6.33. The first-order chi connectivity index (χ1) is 11.6. The maximum atomic E-state index is 11.9. The number of nitrogens with one attached hydrogen (secondary N) is 2. The van der Waals surface area contributed by atoms with Crippen LogP contribution in [-0.4, -0.2) is 18.0 Å². The van der Waals surface area contributed by atoms with Crippen LogP contribution >= 0.6 is 11.6 Å². The zero-order valence-corrected chi connectivity index (χ0v) is 14.0. The van der Waals surface area contributed by atoms with Crippen LogP contribution in [0.5, 0.6) is 0 Å². The lowest BCUT2D eigenvalue weighted by atomic mass is 10.1. The van der Waals surface area contributed by atoms with Gasteiger partial charge >= 0.3 is 0 Å². The third-order valence-electron chi connectivity index (χ3n) is 3.29. The van der Waals surface area contributed by atoms with Gasteiger partial charge in [-0.05, 0) is 24.1 Å². The number of hydrogen-bond acceptors (Lipinski definition) is 3. The summed E-state index contributed by atoms with van der Waals surface area (Å²) < 4.78 is 0. The molecule has 0 unspecified atom stereocenters. The lowest BCUT2D eigenvalue weighted by Crippen LogP contribution is -2.25. The number of para-hydroxylation sites is 1. The maximum Gasteiger partial charge on any atom is 0.249 e. The molecule has 0 fully saturated rings. The molecule has 24 heavy (non-hydrogen) atoms. The summed E-state index contributed by atoms with van der Waals surface area (Å²) in [4.78, 5) is 23.7. The third-order valence-corrected chi connectivity index (χ3v) is 3.64. The van der Waals surface area contributed by atoms with Crippen molar-refractivity contribution in [3.05, 3.63) is 64.7 Å². The second-order valence-corrected chi connectivity index (χ2v) is 5.46. The van der Waals surface area contributed by atoms with E-state index in [0.717, 1.165) is 17.7 Å². The van der Waals surface area contributed by atoms with Crippen LogP contribution in [0.15, 0.2) is 53.6 Å². The largest absolute Gasteiger partial charge is 0.325 e. The van der Waals surface area contributed by atoms with Crippen molar-refractivity contribution < 1.29 is 9.59 Å².